The van der Waals surface area contributed by atoms with Crippen molar-refractivity contribution in [2.75, 3.05) is 5.32 Å². The molecule has 0 aliphatic heterocycles. The van der Waals surface area contributed by atoms with Crippen LogP contribution in [0.4, 0.5) is 5.69 Å². The molecule has 5 aromatic rings. The Labute approximate surface area is 190 Å². The molecule has 0 amide bonds. The van der Waals surface area contributed by atoms with Crippen LogP contribution in [0.15, 0.2) is 101 Å². The standard InChI is InChI=1S/C28H23NO.C2H6/c1-3-26(22-10-5-4-9-19(22)2)29-21-17-15-20(16-18-21)23-12-8-13-25-24-11-6-7-14-27(24)30-28(23)25;1-2/h3-18,29H,1-2H3;1-2H3/b26-3+;. The minimum absolute atomic E-state index is 0.925. The molecular weight excluding hydrogens is 390 g/mol. The van der Waals surface area contributed by atoms with E-state index in [0.717, 1.165) is 44.4 Å². The summed E-state index contributed by atoms with van der Waals surface area (Å²) in [6.07, 6.45) is 2.12. The van der Waals surface area contributed by atoms with Crippen molar-refractivity contribution in [3.63, 3.8) is 0 Å². The number of allylic oxidation sites excluding steroid dienone is 1. The van der Waals surface area contributed by atoms with Crippen molar-refractivity contribution >= 4 is 33.3 Å². The van der Waals surface area contributed by atoms with E-state index in [1.54, 1.807) is 0 Å². The van der Waals surface area contributed by atoms with Crippen LogP contribution in [0.2, 0.25) is 0 Å². The summed E-state index contributed by atoms with van der Waals surface area (Å²) in [5, 5.41) is 5.87. The van der Waals surface area contributed by atoms with Crippen LogP contribution in [-0.2, 0) is 0 Å². The minimum Gasteiger partial charge on any atom is -0.455 e. The normalized spacial score (nSPS) is 11.3. The summed E-state index contributed by atoms with van der Waals surface area (Å²) < 4.78 is 6.20. The fraction of sp³-hybridized carbons (Fsp3) is 0.133. The zero-order chi connectivity index (χ0) is 22.5. The highest BCUT2D eigenvalue weighted by Crippen LogP contribution is 2.36. The smallest absolute Gasteiger partial charge is 0.143 e. The van der Waals surface area contributed by atoms with Crippen LogP contribution in [0.25, 0.3) is 38.8 Å². The number of benzene rings is 4. The Morgan fingerprint density at radius 1 is 0.750 bits per heavy atom. The fourth-order valence-electron chi connectivity index (χ4n) is 4.03. The van der Waals surface area contributed by atoms with Crippen LogP contribution in [0.1, 0.15) is 31.9 Å². The van der Waals surface area contributed by atoms with Gasteiger partial charge in [-0.3, -0.25) is 0 Å². The van der Waals surface area contributed by atoms with Crippen molar-refractivity contribution in [2.45, 2.75) is 27.7 Å². The van der Waals surface area contributed by atoms with Gasteiger partial charge in [-0.05, 0) is 43.2 Å². The van der Waals surface area contributed by atoms with Gasteiger partial charge in [0, 0.05) is 33.3 Å². The van der Waals surface area contributed by atoms with E-state index in [0.29, 0.717) is 0 Å². The Morgan fingerprint density at radius 3 is 2.19 bits per heavy atom. The molecular formula is C30H29NO. The summed E-state index contributed by atoms with van der Waals surface area (Å²) >= 11 is 0. The molecule has 1 aromatic heterocycles. The maximum atomic E-state index is 6.20. The lowest BCUT2D eigenvalue weighted by atomic mass is 10.0. The zero-order valence-electron chi connectivity index (χ0n) is 19.1. The van der Waals surface area contributed by atoms with Gasteiger partial charge in [-0.25, -0.2) is 0 Å². The molecule has 5 rings (SSSR count). The number of hydrogen-bond donors (Lipinski definition) is 1. The molecule has 0 saturated heterocycles. The molecule has 0 fully saturated rings. The second kappa shape index (κ2) is 9.57. The van der Waals surface area contributed by atoms with Gasteiger partial charge in [0.05, 0.1) is 0 Å². The summed E-state index contributed by atoms with van der Waals surface area (Å²) in [4.78, 5) is 0. The Morgan fingerprint density at radius 2 is 1.44 bits per heavy atom. The third-order valence-electron chi connectivity index (χ3n) is 5.60. The number of para-hydroxylation sites is 2. The first-order valence-electron chi connectivity index (χ1n) is 11.2. The quantitative estimate of drug-likeness (QED) is 0.314. The molecule has 0 aliphatic rings. The molecule has 1 N–H and O–H groups in total. The van der Waals surface area contributed by atoms with Crippen LogP contribution >= 0.6 is 0 Å². The topological polar surface area (TPSA) is 25.2 Å². The highest BCUT2D eigenvalue weighted by Gasteiger charge is 2.12. The molecule has 0 saturated carbocycles. The number of fused-ring (bicyclic) bond motifs is 3. The van der Waals surface area contributed by atoms with Crippen molar-refractivity contribution in [3.8, 4) is 11.1 Å². The van der Waals surface area contributed by atoms with Crippen LogP contribution in [0.5, 0.6) is 0 Å². The van der Waals surface area contributed by atoms with E-state index < -0.39 is 0 Å². The Balaban J connectivity index is 0.00000119. The molecule has 1 heterocycles. The fourth-order valence-corrected chi connectivity index (χ4v) is 4.03. The molecule has 32 heavy (non-hydrogen) atoms. The molecule has 160 valence electrons. The average Bonchev–Trinajstić information content (AvgIpc) is 3.24. The number of hydrogen-bond acceptors (Lipinski definition) is 2. The molecule has 2 nitrogen and oxygen atoms in total. The maximum Gasteiger partial charge on any atom is 0.143 e. The SMILES string of the molecule is C/C=C(/Nc1ccc(-c2cccc3c2oc2ccccc23)cc1)c1ccccc1C.CC. The average molecular weight is 420 g/mol. The van der Waals surface area contributed by atoms with Crippen LogP contribution in [0, 0.1) is 6.92 Å². The van der Waals surface area contributed by atoms with E-state index in [9.17, 15) is 0 Å². The first kappa shape index (κ1) is 21.5. The lowest BCUT2D eigenvalue weighted by Crippen LogP contribution is -2.00. The predicted octanol–water partition coefficient (Wildman–Crippen LogP) is 9.06. The predicted molar refractivity (Wildman–Crippen MR) is 139 cm³/mol. The first-order valence-corrected chi connectivity index (χ1v) is 11.2. The third-order valence-corrected chi connectivity index (χ3v) is 5.60. The monoisotopic (exact) mass is 419 g/mol. The molecule has 0 atom stereocenters. The van der Waals surface area contributed by atoms with Crippen molar-refractivity contribution in [2.24, 2.45) is 0 Å². The highest BCUT2D eigenvalue weighted by atomic mass is 16.3. The van der Waals surface area contributed by atoms with E-state index >= 15 is 0 Å². The number of anilines is 1. The molecule has 0 unspecified atom stereocenters. The van der Waals surface area contributed by atoms with Crippen LogP contribution in [0.3, 0.4) is 0 Å². The van der Waals surface area contributed by atoms with Gasteiger partial charge in [0.1, 0.15) is 11.2 Å². The number of furan rings is 1. The molecule has 0 spiro atoms. The molecule has 0 bridgehead atoms. The summed E-state index contributed by atoms with van der Waals surface area (Å²) in [7, 11) is 0. The van der Waals surface area contributed by atoms with Gasteiger partial charge in [-0.1, -0.05) is 92.7 Å². The highest BCUT2D eigenvalue weighted by molar-refractivity contribution is 6.09. The van der Waals surface area contributed by atoms with Crippen molar-refractivity contribution in [1.29, 1.82) is 0 Å². The molecule has 4 aromatic carbocycles. The number of nitrogens with one attached hydrogen (secondary N) is 1. The van der Waals surface area contributed by atoms with Gasteiger partial charge >= 0.3 is 0 Å². The largest absolute Gasteiger partial charge is 0.455 e. The van der Waals surface area contributed by atoms with Gasteiger partial charge < -0.3 is 9.73 Å². The molecule has 0 radical (unpaired) electrons. The molecule has 0 aliphatic carbocycles. The van der Waals surface area contributed by atoms with Crippen molar-refractivity contribution in [1.82, 2.24) is 0 Å². The van der Waals surface area contributed by atoms with E-state index in [-0.39, 0.29) is 0 Å². The van der Waals surface area contributed by atoms with Gasteiger partial charge in [0.15, 0.2) is 0 Å². The third kappa shape index (κ3) is 4.04. The van der Waals surface area contributed by atoms with Gasteiger partial charge in [0.25, 0.3) is 0 Å². The van der Waals surface area contributed by atoms with E-state index in [1.807, 2.05) is 26.0 Å². The van der Waals surface area contributed by atoms with E-state index in [2.05, 4.69) is 104 Å². The minimum atomic E-state index is 0.925. The summed E-state index contributed by atoms with van der Waals surface area (Å²) in [5.74, 6) is 0. The Kier molecular flexibility index (Phi) is 6.42. The number of rotatable bonds is 4. The Bertz CT molecular complexity index is 1370. The van der Waals surface area contributed by atoms with Gasteiger partial charge in [-0.2, -0.15) is 0 Å². The second-order valence-electron chi connectivity index (χ2n) is 7.50. The summed E-state index contributed by atoms with van der Waals surface area (Å²) in [6.45, 7) is 8.20. The lowest BCUT2D eigenvalue weighted by molar-refractivity contribution is 0.670. The summed E-state index contributed by atoms with van der Waals surface area (Å²) in [6, 6.07) is 31.5. The second-order valence-corrected chi connectivity index (χ2v) is 7.50. The summed E-state index contributed by atoms with van der Waals surface area (Å²) in [5.41, 5.74) is 8.76. The van der Waals surface area contributed by atoms with Crippen molar-refractivity contribution in [3.05, 3.63) is 108 Å². The maximum absolute atomic E-state index is 6.20. The first-order chi connectivity index (χ1) is 15.7. The van der Waals surface area contributed by atoms with E-state index in [4.69, 9.17) is 4.42 Å². The van der Waals surface area contributed by atoms with Gasteiger partial charge in [0.2, 0.25) is 0 Å². The lowest BCUT2D eigenvalue weighted by Gasteiger charge is -2.14. The molecule has 2 heteroatoms. The van der Waals surface area contributed by atoms with E-state index in [1.165, 1.54) is 11.1 Å². The van der Waals surface area contributed by atoms with Gasteiger partial charge in [-0.15, -0.1) is 0 Å². The zero-order valence-corrected chi connectivity index (χ0v) is 19.1. The van der Waals surface area contributed by atoms with Crippen LogP contribution in [-0.4, -0.2) is 0 Å². The Hall–Kier alpha value is -3.78. The van der Waals surface area contributed by atoms with Crippen LogP contribution < -0.4 is 5.32 Å². The number of aryl methyl sites for hydroxylation is 1. The van der Waals surface area contributed by atoms with Crippen molar-refractivity contribution < 1.29 is 4.42 Å².